The average molecular weight is 630 g/mol. The van der Waals surface area contributed by atoms with Crippen molar-refractivity contribution in [3.63, 3.8) is 0 Å². The molecule has 3 amide bonds. The first-order chi connectivity index (χ1) is 22.0. The molecule has 5 fully saturated rings. The molecule has 5 aliphatic rings. The van der Waals surface area contributed by atoms with Crippen LogP contribution < -0.4 is 10.6 Å². The van der Waals surface area contributed by atoms with Crippen LogP contribution in [0.3, 0.4) is 0 Å². The fraction of sp³-hybridized carbons (Fsp3) is 0.583. The summed E-state index contributed by atoms with van der Waals surface area (Å²) in [5, 5.41) is 6.03. The molecule has 2 heterocycles. The minimum absolute atomic E-state index is 0.0171. The lowest BCUT2D eigenvalue weighted by molar-refractivity contribution is -0.199. The third kappa shape index (κ3) is 6.30. The summed E-state index contributed by atoms with van der Waals surface area (Å²) in [7, 11) is -0.550. The zero-order valence-corrected chi connectivity index (χ0v) is 27.7. The van der Waals surface area contributed by atoms with Crippen LogP contribution in [-0.4, -0.2) is 66.2 Å². The first-order valence-electron chi connectivity index (χ1n) is 16.9. The van der Waals surface area contributed by atoms with Crippen LogP contribution in [0.2, 0.25) is 0 Å². The Morgan fingerprint density at radius 2 is 1.65 bits per heavy atom. The fourth-order valence-corrected chi connectivity index (χ4v) is 8.32. The van der Waals surface area contributed by atoms with Crippen LogP contribution in [0, 0.1) is 23.2 Å². The lowest BCUT2D eigenvalue weighted by Crippen LogP contribution is -2.65. The van der Waals surface area contributed by atoms with Crippen LogP contribution in [0.1, 0.15) is 71.4 Å². The molecule has 10 heteroatoms. The molecule has 3 saturated carbocycles. The molecule has 2 saturated heterocycles. The molecule has 2 aliphatic heterocycles. The van der Waals surface area contributed by atoms with E-state index in [2.05, 4.69) is 45.3 Å². The predicted molar refractivity (Wildman–Crippen MR) is 175 cm³/mol. The molecule has 2 aromatic carbocycles. The summed E-state index contributed by atoms with van der Waals surface area (Å²) in [4.78, 5) is 42.6. The van der Waals surface area contributed by atoms with Gasteiger partial charge in [-0.1, -0.05) is 88.4 Å². The number of hydrogen-bond donors (Lipinski definition) is 2. The van der Waals surface area contributed by atoms with Crippen molar-refractivity contribution in [1.29, 1.82) is 0 Å². The molecule has 1 unspecified atom stereocenters. The highest BCUT2D eigenvalue weighted by Gasteiger charge is 2.68. The predicted octanol–water partition coefficient (Wildman–Crippen LogP) is 4.92. The first-order valence-corrected chi connectivity index (χ1v) is 16.9. The molecule has 7 rings (SSSR count). The lowest BCUT2D eigenvalue weighted by Gasteiger charge is -2.64. The Morgan fingerprint density at radius 3 is 2.30 bits per heavy atom. The Morgan fingerprint density at radius 1 is 0.978 bits per heavy atom. The number of carbonyl (C=O) groups is 3. The monoisotopic (exact) mass is 629 g/mol. The van der Waals surface area contributed by atoms with E-state index in [9.17, 15) is 14.4 Å². The number of rotatable bonds is 10. The molecule has 2 N–H and O–H groups in total. The minimum atomic E-state index is -0.889. The molecular formula is C36H48BN3O6. The second kappa shape index (κ2) is 13.0. The average Bonchev–Trinajstić information content (AvgIpc) is 3.67. The van der Waals surface area contributed by atoms with E-state index in [1.807, 2.05) is 60.7 Å². The van der Waals surface area contributed by atoms with Gasteiger partial charge in [0.15, 0.2) is 0 Å². The quantitative estimate of drug-likeness (QED) is 0.362. The maximum absolute atomic E-state index is 14.1. The number of amides is 3. The molecular weight excluding hydrogens is 581 g/mol. The number of carbonyl (C=O) groups excluding carboxylic acids is 3. The van der Waals surface area contributed by atoms with E-state index >= 15 is 0 Å². The Hall–Kier alpha value is -3.37. The number of hydrogen-bond acceptors (Lipinski definition) is 6. The fourth-order valence-electron chi connectivity index (χ4n) is 8.32. The van der Waals surface area contributed by atoms with E-state index in [4.69, 9.17) is 14.0 Å². The molecule has 7 atom stereocenters. The van der Waals surface area contributed by atoms with Crippen LogP contribution in [0.25, 0.3) is 0 Å². The lowest BCUT2D eigenvalue weighted by atomic mass is 9.43. The first kappa shape index (κ1) is 32.6. The van der Waals surface area contributed by atoms with Crippen molar-refractivity contribution in [3.8, 4) is 0 Å². The zero-order chi connectivity index (χ0) is 32.6. The van der Waals surface area contributed by atoms with Crippen molar-refractivity contribution in [2.24, 2.45) is 23.2 Å². The minimum Gasteiger partial charge on any atom is -0.445 e. The van der Waals surface area contributed by atoms with Crippen molar-refractivity contribution in [1.82, 2.24) is 15.5 Å². The summed E-state index contributed by atoms with van der Waals surface area (Å²) in [6.45, 7) is 11.5. The van der Waals surface area contributed by atoms with Crippen molar-refractivity contribution in [2.75, 3.05) is 6.54 Å². The van der Waals surface area contributed by atoms with Crippen molar-refractivity contribution < 1.29 is 28.4 Å². The standard InChI is InChI=1S/C36H48BN3O6/c1-23(2)31(37-45-30-21-26-20-29(35(26,3)4)36(30,5)46-37)39-32(41)28-17-12-18-40(28)33(42)27(19-24-13-8-6-9-14-24)38-34(43)44-22-25-15-10-7-11-16-25/h6-11,13-16,23,26-31H,12,17-22H2,1-5H3,(H,38,43)(H,39,41)/t26-,27+,28-,29-,30+,31?,36-/m0/s1. The van der Waals surface area contributed by atoms with Gasteiger partial charge in [-0.05, 0) is 66.9 Å². The van der Waals surface area contributed by atoms with Gasteiger partial charge in [0.2, 0.25) is 11.8 Å². The highest BCUT2D eigenvalue weighted by Crippen LogP contribution is 2.65. The number of likely N-dealkylation sites (tertiary alicyclic amines) is 1. The molecule has 46 heavy (non-hydrogen) atoms. The van der Waals surface area contributed by atoms with E-state index in [-0.39, 0.29) is 53.8 Å². The summed E-state index contributed by atoms with van der Waals surface area (Å²) >= 11 is 0. The van der Waals surface area contributed by atoms with Gasteiger partial charge in [-0.15, -0.1) is 0 Å². The van der Waals surface area contributed by atoms with Gasteiger partial charge < -0.3 is 29.6 Å². The number of nitrogens with zero attached hydrogens (tertiary/aromatic N) is 1. The molecule has 2 aromatic rings. The maximum Gasteiger partial charge on any atom is 0.481 e. The molecule has 0 radical (unpaired) electrons. The second-order valence-corrected chi connectivity index (χ2v) is 14.8. The molecule has 3 aliphatic carbocycles. The summed E-state index contributed by atoms with van der Waals surface area (Å²) in [6, 6.07) is 17.4. The summed E-state index contributed by atoms with van der Waals surface area (Å²) < 4.78 is 18.7. The smallest absolute Gasteiger partial charge is 0.445 e. The van der Waals surface area contributed by atoms with Crippen LogP contribution in [0.4, 0.5) is 4.79 Å². The Bertz CT molecular complexity index is 1410. The summed E-state index contributed by atoms with van der Waals surface area (Å²) in [6.07, 6.45) is 3.00. The number of benzene rings is 2. The largest absolute Gasteiger partial charge is 0.481 e. The van der Waals surface area contributed by atoms with Crippen LogP contribution >= 0.6 is 0 Å². The van der Waals surface area contributed by atoms with Crippen LogP contribution in [0.15, 0.2) is 60.7 Å². The van der Waals surface area contributed by atoms with Crippen molar-refractivity contribution in [2.45, 2.75) is 103 Å². The summed E-state index contributed by atoms with van der Waals surface area (Å²) in [5.41, 5.74) is 1.60. The third-order valence-electron chi connectivity index (χ3n) is 11.2. The van der Waals surface area contributed by atoms with Gasteiger partial charge in [-0.25, -0.2) is 4.79 Å². The van der Waals surface area contributed by atoms with Crippen molar-refractivity contribution >= 4 is 25.0 Å². The molecule has 0 aromatic heterocycles. The topological polar surface area (TPSA) is 106 Å². The third-order valence-corrected chi connectivity index (χ3v) is 11.2. The van der Waals surface area contributed by atoms with E-state index in [0.717, 1.165) is 24.0 Å². The van der Waals surface area contributed by atoms with Gasteiger partial charge in [-0.3, -0.25) is 9.59 Å². The van der Waals surface area contributed by atoms with Gasteiger partial charge in [-0.2, -0.15) is 0 Å². The van der Waals surface area contributed by atoms with Crippen molar-refractivity contribution in [3.05, 3.63) is 71.8 Å². The zero-order valence-electron chi connectivity index (χ0n) is 27.7. The Kier molecular flexibility index (Phi) is 9.23. The van der Waals surface area contributed by atoms with E-state index in [1.54, 1.807) is 4.90 Å². The molecule has 2 bridgehead atoms. The highest BCUT2D eigenvalue weighted by atomic mass is 16.7. The van der Waals surface area contributed by atoms with Gasteiger partial charge in [0.1, 0.15) is 18.7 Å². The molecule has 0 spiro atoms. The maximum atomic E-state index is 14.1. The van der Waals surface area contributed by atoms with Crippen LogP contribution in [0.5, 0.6) is 0 Å². The second-order valence-electron chi connectivity index (χ2n) is 14.8. The van der Waals surface area contributed by atoms with Gasteiger partial charge in [0.25, 0.3) is 0 Å². The van der Waals surface area contributed by atoms with Gasteiger partial charge in [0, 0.05) is 13.0 Å². The van der Waals surface area contributed by atoms with E-state index in [0.29, 0.717) is 31.2 Å². The van der Waals surface area contributed by atoms with E-state index < -0.39 is 25.3 Å². The summed E-state index contributed by atoms with van der Waals surface area (Å²) in [5.74, 6) is 0.238. The molecule has 246 valence electrons. The van der Waals surface area contributed by atoms with Gasteiger partial charge in [0.05, 0.1) is 17.6 Å². The van der Waals surface area contributed by atoms with E-state index in [1.165, 1.54) is 0 Å². The highest BCUT2D eigenvalue weighted by molar-refractivity contribution is 6.48. The molecule has 9 nitrogen and oxygen atoms in total. The number of nitrogens with one attached hydrogen (secondary N) is 2. The Labute approximate surface area is 273 Å². The number of ether oxygens (including phenoxy) is 1. The normalized spacial score (nSPS) is 29.0. The van der Waals surface area contributed by atoms with Gasteiger partial charge >= 0.3 is 13.2 Å². The number of alkyl carbamates (subject to hydrolysis) is 1. The van der Waals surface area contributed by atoms with Crippen LogP contribution in [-0.2, 0) is 36.7 Å². The Balaban J connectivity index is 1.13. The SMILES string of the molecule is CC(C)C(NC(=O)[C@@H]1CCCN1C(=O)[C@@H](Cc1ccccc1)NC(=O)OCc1ccccc1)B1O[C@@H]2C[C@@H]3C[C@@H](C3(C)C)[C@]2(C)O1.